The van der Waals surface area contributed by atoms with Crippen LogP contribution in [0.25, 0.3) is 33.4 Å². The second kappa shape index (κ2) is 12.1. The molecule has 0 aliphatic heterocycles. The number of rotatable bonds is 3. The molecule has 3 aliphatic rings. The van der Waals surface area contributed by atoms with Gasteiger partial charge in [-0.15, -0.1) is 0 Å². The predicted octanol–water partition coefficient (Wildman–Crippen LogP) is 16.0. The summed E-state index contributed by atoms with van der Waals surface area (Å²) in [5.41, 5.74) is 24.2. The van der Waals surface area contributed by atoms with Gasteiger partial charge in [0.25, 0.3) is 0 Å². The summed E-state index contributed by atoms with van der Waals surface area (Å²) in [5, 5.41) is 0. The van der Waals surface area contributed by atoms with Crippen LogP contribution in [0.2, 0.25) is 0 Å². The van der Waals surface area contributed by atoms with Crippen LogP contribution in [0.15, 0.2) is 109 Å². The van der Waals surface area contributed by atoms with Crippen molar-refractivity contribution in [3.63, 3.8) is 0 Å². The molecule has 0 N–H and O–H groups in total. The number of hydrogen-bond donors (Lipinski definition) is 0. The fraction of sp³-hybridized carbons (Fsp3) is 0.368. The zero-order chi connectivity index (χ0) is 41.7. The van der Waals surface area contributed by atoms with E-state index in [1.54, 1.807) is 0 Å². The van der Waals surface area contributed by atoms with E-state index in [4.69, 9.17) is 0 Å². The molecule has 9 rings (SSSR count). The Kier molecular flexibility index (Phi) is 8.05. The molecule has 0 amide bonds. The van der Waals surface area contributed by atoms with Crippen molar-refractivity contribution in [1.82, 2.24) is 0 Å². The zero-order valence-electron chi connectivity index (χ0n) is 37.8. The molecule has 0 atom stereocenters. The number of fused-ring (bicyclic) bond motifs is 9. The molecule has 0 fully saturated rings. The zero-order valence-corrected chi connectivity index (χ0v) is 37.8. The molecule has 6 aromatic carbocycles. The highest BCUT2D eigenvalue weighted by molar-refractivity contribution is 5.97. The fourth-order valence-corrected chi connectivity index (χ4v) is 10.8. The first kappa shape index (κ1) is 38.6. The van der Waals surface area contributed by atoms with Gasteiger partial charge < -0.3 is 4.90 Å². The van der Waals surface area contributed by atoms with Gasteiger partial charge in [-0.1, -0.05) is 183 Å². The van der Waals surface area contributed by atoms with Crippen LogP contribution in [0.1, 0.15) is 154 Å². The number of benzene rings is 6. The lowest BCUT2D eigenvalue weighted by Gasteiger charge is -2.33. The number of hydrogen-bond acceptors (Lipinski definition) is 1. The summed E-state index contributed by atoms with van der Waals surface area (Å²) in [4.78, 5) is 2.59. The average Bonchev–Trinajstić information content (AvgIpc) is 3.63. The van der Waals surface area contributed by atoms with E-state index in [0.717, 1.165) is 0 Å². The number of nitrogens with zero attached hydrogens (tertiary/aromatic N) is 1. The van der Waals surface area contributed by atoms with Crippen LogP contribution in [-0.2, 0) is 32.5 Å². The second-order valence-electron chi connectivity index (χ2n) is 22.4. The Hall–Kier alpha value is -4.88. The molecule has 0 unspecified atom stereocenters. The van der Waals surface area contributed by atoms with Gasteiger partial charge in [-0.25, -0.2) is 0 Å². The molecule has 0 aromatic heterocycles. The quantitative estimate of drug-likeness (QED) is 0.174. The van der Waals surface area contributed by atoms with Crippen LogP contribution >= 0.6 is 0 Å². The van der Waals surface area contributed by atoms with E-state index in [0.29, 0.717) is 0 Å². The van der Waals surface area contributed by atoms with Gasteiger partial charge in [-0.3, -0.25) is 0 Å². The Morgan fingerprint density at radius 1 is 0.379 bits per heavy atom. The third-order valence-corrected chi connectivity index (χ3v) is 14.3. The molecule has 1 nitrogen and oxygen atoms in total. The third-order valence-electron chi connectivity index (χ3n) is 14.3. The van der Waals surface area contributed by atoms with Crippen molar-refractivity contribution in [2.24, 2.45) is 0 Å². The van der Waals surface area contributed by atoms with Crippen LogP contribution in [0.3, 0.4) is 0 Å². The molecule has 296 valence electrons. The molecule has 0 bridgehead atoms. The summed E-state index contributed by atoms with van der Waals surface area (Å²) in [6, 6.07) is 43.0. The van der Waals surface area contributed by atoms with Crippen LogP contribution in [0.4, 0.5) is 17.1 Å². The summed E-state index contributed by atoms with van der Waals surface area (Å²) in [5.74, 6) is 0. The van der Waals surface area contributed by atoms with E-state index in [1.807, 2.05) is 0 Å². The minimum atomic E-state index is -0.179. The van der Waals surface area contributed by atoms with Gasteiger partial charge in [0.1, 0.15) is 0 Å². The van der Waals surface area contributed by atoms with Crippen molar-refractivity contribution in [2.75, 3.05) is 4.90 Å². The van der Waals surface area contributed by atoms with Gasteiger partial charge in [0.15, 0.2) is 0 Å². The van der Waals surface area contributed by atoms with Gasteiger partial charge >= 0.3 is 0 Å². The molecule has 58 heavy (non-hydrogen) atoms. The highest BCUT2D eigenvalue weighted by atomic mass is 15.1. The van der Waals surface area contributed by atoms with Crippen molar-refractivity contribution in [2.45, 2.75) is 136 Å². The Morgan fingerprint density at radius 3 is 1.52 bits per heavy atom. The minimum Gasteiger partial charge on any atom is -0.310 e. The molecule has 0 spiro atoms. The molecule has 1 heteroatoms. The number of anilines is 3. The van der Waals surface area contributed by atoms with Crippen molar-refractivity contribution in [3.05, 3.63) is 159 Å². The molecular weight excluding hydrogens is 699 g/mol. The largest absolute Gasteiger partial charge is 0.310 e. The molecule has 0 radical (unpaired) electrons. The summed E-state index contributed by atoms with van der Waals surface area (Å²) in [6.45, 7) is 35.7. The maximum absolute atomic E-state index is 2.59. The second-order valence-corrected chi connectivity index (χ2v) is 22.4. The van der Waals surface area contributed by atoms with Gasteiger partial charge in [-0.2, -0.15) is 0 Å². The fourth-order valence-electron chi connectivity index (χ4n) is 10.8. The topological polar surface area (TPSA) is 3.24 Å². The van der Waals surface area contributed by atoms with Crippen LogP contribution in [0, 0.1) is 0 Å². The Bertz CT molecular complexity index is 2690. The lowest BCUT2D eigenvalue weighted by Crippen LogP contribution is -2.25. The van der Waals surface area contributed by atoms with E-state index in [-0.39, 0.29) is 32.5 Å². The molecule has 3 aliphatic carbocycles. The maximum Gasteiger partial charge on any atom is 0.0543 e. The summed E-state index contributed by atoms with van der Waals surface area (Å²) in [6.07, 6.45) is 0. The lowest BCUT2D eigenvalue weighted by molar-refractivity contribution is 0.545. The molecule has 0 saturated carbocycles. The highest BCUT2D eigenvalue weighted by Gasteiger charge is 2.43. The van der Waals surface area contributed by atoms with E-state index in [9.17, 15) is 0 Å². The van der Waals surface area contributed by atoms with Crippen molar-refractivity contribution < 1.29 is 0 Å². The van der Waals surface area contributed by atoms with Crippen molar-refractivity contribution in [1.29, 1.82) is 0 Å². The standard InChI is InChI=1S/C57H63N/c1-52(2,3)34-23-28-44-42(29-34)50-45(55(44,10)11)21-18-22-49(50)58(36-24-26-39-38-19-16-17-20-43(38)56(12,13)46(39)32-36)37-25-27-40-41-30-35(53(4,5)6)31-48(54(7,8)9)51(41)57(14,15)47(40)33-37/h16-33H,1-15H3. The lowest BCUT2D eigenvalue weighted by atomic mass is 9.71. The Morgan fingerprint density at radius 2 is 0.897 bits per heavy atom. The normalized spacial score (nSPS) is 16.6. The first-order valence-corrected chi connectivity index (χ1v) is 21.6. The van der Waals surface area contributed by atoms with Gasteiger partial charge in [0, 0.05) is 33.2 Å². The van der Waals surface area contributed by atoms with E-state index in [1.165, 1.54) is 101 Å². The summed E-state index contributed by atoms with van der Waals surface area (Å²) in [7, 11) is 0. The monoisotopic (exact) mass is 761 g/mol. The van der Waals surface area contributed by atoms with Crippen LogP contribution < -0.4 is 4.90 Å². The Labute approximate surface area is 349 Å². The average molecular weight is 762 g/mol. The smallest absolute Gasteiger partial charge is 0.0543 e. The minimum absolute atomic E-state index is 0.00497. The van der Waals surface area contributed by atoms with Gasteiger partial charge in [-0.05, 0) is 124 Å². The van der Waals surface area contributed by atoms with E-state index >= 15 is 0 Å². The van der Waals surface area contributed by atoms with E-state index < -0.39 is 0 Å². The molecule has 0 saturated heterocycles. The van der Waals surface area contributed by atoms with Gasteiger partial charge in [0.2, 0.25) is 0 Å². The van der Waals surface area contributed by atoms with Crippen molar-refractivity contribution >= 4 is 17.1 Å². The highest BCUT2D eigenvalue weighted by Crippen LogP contribution is 2.58. The molecular formula is C57H63N. The third kappa shape index (κ3) is 5.48. The molecule has 6 aromatic rings. The van der Waals surface area contributed by atoms with Gasteiger partial charge in [0.05, 0.1) is 5.69 Å². The van der Waals surface area contributed by atoms with Crippen LogP contribution in [-0.4, -0.2) is 0 Å². The summed E-state index contributed by atoms with van der Waals surface area (Å²) >= 11 is 0. The molecule has 0 heterocycles. The first-order chi connectivity index (χ1) is 26.9. The first-order valence-electron chi connectivity index (χ1n) is 21.6. The SMILES string of the molecule is CC(C)(C)c1ccc2c(c1)-c1c(N(c3ccc4c(c3)C(C)(C)c3ccccc3-4)c3ccc4c(c3)C(C)(C)c3c-4cc(C(C)(C)C)cc3C(C)(C)C)cccc1C2(C)C. The van der Waals surface area contributed by atoms with Crippen LogP contribution in [0.5, 0.6) is 0 Å². The van der Waals surface area contributed by atoms with E-state index in [2.05, 4.69) is 218 Å². The van der Waals surface area contributed by atoms with Crippen molar-refractivity contribution in [3.8, 4) is 33.4 Å². The summed E-state index contributed by atoms with van der Waals surface area (Å²) < 4.78 is 0. The maximum atomic E-state index is 2.59. The Balaban J connectivity index is 1.32. The predicted molar refractivity (Wildman–Crippen MR) is 250 cm³/mol.